The minimum Gasteiger partial charge on any atom is -0.351 e. The summed E-state index contributed by atoms with van der Waals surface area (Å²) in [5, 5.41) is 0. The second kappa shape index (κ2) is 2.82. The lowest BCUT2D eigenvalue weighted by atomic mass is 9.67. The SMILES string of the molecule is Cn1cccc1C1=C[C@H]2CC[C@]1(C)C2(C)C. The zero-order valence-electron chi connectivity index (χ0n) is 10.7. The zero-order chi connectivity index (χ0) is 11.6. The Kier molecular flexibility index (Phi) is 1.80. The Morgan fingerprint density at radius 2 is 2.06 bits per heavy atom. The van der Waals surface area contributed by atoms with Gasteiger partial charge in [-0.3, -0.25) is 0 Å². The van der Waals surface area contributed by atoms with E-state index in [1.165, 1.54) is 18.5 Å². The highest BCUT2D eigenvalue weighted by Crippen LogP contribution is 2.67. The fourth-order valence-corrected chi connectivity index (χ4v) is 3.80. The van der Waals surface area contributed by atoms with E-state index in [9.17, 15) is 0 Å². The number of nitrogens with zero attached hydrogens (tertiary/aromatic N) is 1. The quantitative estimate of drug-likeness (QED) is 0.670. The van der Waals surface area contributed by atoms with E-state index >= 15 is 0 Å². The molecular formula is C15H21N. The Balaban J connectivity index is 2.13. The Labute approximate surface area is 98.2 Å². The molecule has 0 amide bonds. The molecule has 2 bridgehead atoms. The second-order valence-electron chi connectivity index (χ2n) is 6.28. The molecule has 0 aliphatic heterocycles. The summed E-state index contributed by atoms with van der Waals surface area (Å²) in [6.07, 6.45) is 7.41. The first-order valence-corrected chi connectivity index (χ1v) is 6.31. The average Bonchev–Trinajstić information content (AvgIpc) is 2.77. The summed E-state index contributed by atoms with van der Waals surface area (Å²) < 4.78 is 2.26. The maximum atomic E-state index is 2.54. The van der Waals surface area contributed by atoms with Gasteiger partial charge in [-0.05, 0) is 47.3 Å². The monoisotopic (exact) mass is 215 g/mol. The minimum atomic E-state index is 0.379. The van der Waals surface area contributed by atoms with E-state index in [-0.39, 0.29) is 0 Å². The van der Waals surface area contributed by atoms with Crippen molar-refractivity contribution in [3.8, 4) is 0 Å². The van der Waals surface area contributed by atoms with Gasteiger partial charge in [0.1, 0.15) is 0 Å². The maximum Gasteiger partial charge on any atom is 0.0439 e. The first-order chi connectivity index (χ1) is 7.47. The van der Waals surface area contributed by atoms with E-state index in [0.29, 0.717) is 10.8 Å². The van der Waals surface area contributed by atoms with E-state index in [0.717, 1.165) is 5.92 Å². The molecule has 0 unspecified atom stereocenters. The average molecular weight is 215 g/mol. The lowest BCUT2D eigenvalue weighted by Crippen LogP contribution is -2.30. The molecule has 16 heavy (non-hydrogen) atoms. The molecule has 1 aromatic rings. The van der Waals surface area contributed by atoms with Gasteiger partial charge in [-0.2, -0.15) is 0 Å². The number of hydrogen-bond acceptors (Lipinski definition) is 0. The molecule has 86 valence electrons. The van der Waals surface area contributed by atoms with Gasteiger partial charge in [-0.15, -0.1) is 0 Å². The van der Waals surface area contributed by atoms with Gasteiger partial charge in [-0.1, -0.05) is 26.8 Å². The van der Waals surface area contributed by atoms with Crippen LogP contribution in [-0.4, -0.2) is 4.57 Å². The first kappa shape index (κ1) is 10.2. The van der Waals surface area contributed by atoms with Crippen molar-refractivity contribution in [3.63, 3.8) is 0 Å². The Hall–Kier alpha value is -0.980. The van der Waals surface area contributed by atoms with E-state index < -0.39 is 0 Å². The number of aryl methyl sites for hydroxylation is 1. The van der Waals surface area contributed by atoms with Crippen molar-refractivity contribution in [1.82, 2.24) is 4.57 Å². The van der Waals surface area contributed by atoms with E-state index in [1.54, 1.807) is 5.57 Å². The van der Waals surface area contributed by atoms with E-state index in [1.807, 2.05) is 0 Å². The van der Waals surface area contributed by atoms with Crippen LogP contribution in [0.4, 0.5) is 0 Å². The second-order valence-corrected chi connectivity index (χ2v) is 6.28. The standard InChI is InChI=1S/C15H21N/c1-14(2)11-7-8-15(14,3)12(10-11)13-6-5-9-16(13)4/h5-6,9-11H,7-8H2,1-4H3/t11-,15+/m1/s1. The molecule has 1 aromatic heterocycles. The minimum absolute atomic E-state index is 0.379. The molecule has 2 aliphatic rings. The van der Waals surface area contributed by atoms with Crippen LogP contribution in [0, 0.1) is 16.7 Å². The van der Waals surface area contributed by atoms with Crippen LogP contribution in [0.3, 0.4) is 0 Å². The Morgan fingerprint density at radius 1 is 1.31 bits per heavy atom. The summed E-state index contributed by atoms with van der Waals surface area (Å²) in [4.78, 5) is 0. The van der Waals surface area contributed by atoms with Gasteiger partial charge < -0.3 is 4.57 Å². The van der Waals surface area contributed by atoms with Crippen LogP contribution in [-0.2, 0) is 7.05 Å². The summed E-state index contributed by atoms with van der Waals surface area (Å²) in [7, 11) is 2.15. The Bertz CT molecular complexity index is 464. The highest BCUT2D eigenvalue weighted by Gasteiger charge is 2.57. The van der Waals surface area contributed by atoms with Gasteiger partial charge in [0.15, 0.2) is 0 Å². The van der Waals surface area contributed by atoms with Crippen molar-refractivity contribution in [2.24, 2.45) is 23.8 Å². The van der Waals surface area contributed by atoms with E-state index in [2.05, 4.69) is 56.8 Å². The van der Waals surface area contributed by atoms with Gasteiger partial charge >= 0.3 is 0 Å². The lowest BCUT2D eigenvalue weighted by molar-refractivity contribution is 0.189. The number of hydrogen-bond donors (Lipinski definition) is 0. The molecule has 2 aliphatic carbocycles. The number of allylic oxidation sites excluding steroid dienone is 2. The van der Waals surface area contributed by atoms with Crippen LogP contribution in [0.1, 0.15) is 39.3 Å². The fraction of sp³-hybridized carbons (Fsp3) is 0.600. The normalized spacial score (nSPS) is 35.5. The predicted octanol–water partition coefficient (Wildman–Crippen LogP) is 3.86. The number of aromatic nitrogens is 1. The molecule has 0 radical (unpaired) electrons. The molecule has 1 fully saturated rings. The summed E-state index contributed by atoms with van der Waals surface area (Å²) in [6.45, 7) is 7.34. The van der Waals surface area contributed by atoms with Crippen molar-refractivity contribution in [2.75, 3.05) is 0 Å². The van der Waals surface area contributed by atoms with Gasteiger partial charge in [0.25, 0.3) is 0 Å². The number of rotatable bonds is 1. The summed E-state index contributed by atoms with van der Waals surface area (Å²) in [5.74, 6) is 0.780. The first-order valence-electron chi connectivity index (χ1n) is 6.31. The summed E-state index contributed by atoms with van der Waals surface area (Å²) >= 11 is 0. The molecule has 1 nitrogen and oxygen atoms in total. The van der Waals surface area contributed by atoms with Crippen LogP contribution < -0.4 is 0 Å². The summed E-state index contributed by atoms with van der Waals surface area (Å²) in [6, 6.07) is 4.41. The molecule has 1 heterocycles. The van der Waals surface area contributed by atoms with Crippen LogP contribution >= 0.6 is 0 Å². The third-order valence-electron chi connectivity index (χ3n) is 5.49. The lowest BCUT2D eigenvalue weighted by Gasteiger charge is -2.37. The molecule has 0 saturated heterocycles. The molecule has 2 atom stereocenters. The predicted molar refractivity (Wildman–Crippen MR) is 68.0 cm³/mol. The molecule has 1 heteroatoms. The molecule has 0 N–H and O–H groups in total. The van der Waals surface area contributed by atoms with Crippen LogP contribution in [0.5, 0.6) is 0 Å². The highest BCUT2D eigenvalue weighted by molar-refractivity contribution is 5.73. The van der Waals surface area contributed by atoms with Crippen LogP contribution in [0.15, 0.2) is 24.4 Å². The highest BCUT2D eigenvalue weighted by atomic mass is 14.9. The number of fused-ring (bicyclic) bond motifs is 2. The molecule has 0 spiro atoms. The topological polar surface area (TPSA) is 4.93 Å². The third kappa shape index (κ3) is 0.971. The van der Waals surface area contributed by atoms with Gasteiger partial charge in [0.05, 0.1) is 0 Å². The Morgan fingerprint density at radius 3 is 2.50 bits per heavy atom. The molecule has 0 aromatic carbocycles. The van der Waals surface area contributed by atoms with Crippen molar-refractivity contribution in [1.29, 1.82) is 0 Å². The zero-order valence-corrected chi connectivity index (χ0v) is 10.7. The van der Waals surface area contributed by atoms with Crippen LogP contribution in [0.25, 0.3) is 5.57 Å². The largest absolute Gasteiger partial charge is 0.351 e. The molecular weight excluding hydrogens is 194 g/mol. The summed E-state index contributed by atoms with van der Waals surface area (Å²) in [5.41, 5.74) is 3.81. The van der Waals surface area contributed by atoms with Gasteiger partial charge in [0.2, 0.25) is 0 Å². The van der Waals surface area contributed by atoms with Crippen molar-refractivity contribution in [3.05, 3.63) is 30.1 Å². The molecule has 1 saturated carbocycles. The third-order valence-corrected chi connectivity index (χ3v) is 5.49. The van der Waals surface area contributed by atoms with Crippen LogP contribution in [0.2, 0.25) is 0 Å². The van der Waals surface area contributed by atoms with Crippen molar-refractivity contribution >= 4 is 5.57 Å². The van der Waals surface area contributed by atoms with Gasteiger partial charge in [0, 0.05) is 18.9 Å². The van der Waals surface area contributed by atoms with Crippen molar-refractivity contribution in [2.45, 2.75) is 33.6 Å². The van der Waals surface area contributed by atoms with E-state index in [4.69, 9.17) is 0 Å². The smallest absolute Gasteiger partial charge is 0.0439 e. The fourth-order valence-electron chi connectivity index (χ4n) is 3.80. The molecule has 3 rings (SSSR count). The maximum absolute atomic E-state index is 2.54. The van der Waals surface area contributed by atoms with Crippen molar-refractivity contribution < 1.29 is 0 Å². The van der Waals surface area contributed by atoms with Gasteiger partial charge in [-0.25, -0.2) is 0 Å².